The molecule has 1 saturated carbocycles. The second-order valence-corrected chi connectivity index (χ2v) is 6.52. The zero-order valence-electron chi connectivity index (χ0n) is 15.4. The van der Waals surface area contributed by atoms with Gasteiger partial charge >= 0.3 is 6.09 Å². The number of rotatable bonds is 8. The van der Waals surface area contributed by atoms with Crippen LogP contribution in [0.15, 0.2) is 54.6 Å². The lowest BCUT2D eigenvalue weighted by molar-refractivity contribution is -0.131. The lowest BCUT2D eigenvalue weighted by Crippen LogP contribution is -2.41. The van der Waals surface area contributed by atoms with Gasteiger partial charge in [0.15, 0.2) is 0 Å². The van der Waals surface area contributed by atoms with E-state index in [0.29, 0.717) is 6.54 Å². The van der Waals surface area contributed by atoms with Crippen molar-refractivity contribution in [1.82, 2.24) is 10.2 Å². The van der Waals surface area contributed by atoms with Crippen LogP contribution in [-0.4, -0.2) is 36.6 Å². The van der Waals surface area contributed by atoms with E-state index in [1.54, 1.807) is 7.11 Å². The van der Waals surface area contributed by atoms with Crippen LogP contribution < -0.4 is 10.1 Å². The molecule has 0 spiro atoms. The number of hydrogen-bond donors (Lipinski definition) is 1. The largest absolute Gasteiger partial charge is 0.497 e. The van der Waals surface area contributed by atoms with Crippen molar-refractivity contribution >= 4 is 12.0 Å². The Bertz CT molecular complexity index is 758. The molecule has 0 aromatic heterocycles. The van der Waals surface area contributed by atoms with Crippen molar-refractivity contribution in [1.29, 1.82) is 0 Å². The molecule has 1 aliphatic rings. The number of carbonyl (C=O) groups is 2. The molecule has 142 valence electrons. The van der Waals surface area contributed by atoms with E-state index in [4.69, 9.17) is 9.47 Å². The van der Waals surface area contributed by atoms with Crippen molar-refractivity contribution in [3.05, 3.63) is 65.7 Å². The molecule has 0 atom stereocenters. The van der Waals surface area contributed by atoms with Crippen molar-refractivity contribution in [2.75, 3.05) is 13.7 Å². The summed E-state index contributed by atoms with van der Waals surface area (Å²) in [4.78, 5) is 26.2. The Kier molecular flexibility index (Phi) is 6.30. The molecular formula is C21H24N2O4. The number of carbonyl (C=O) groups excluding carboxylic acids is 2. The molecule has 3 rings (SSSR count). The fraction of sp³-hybridized carbons (Fsp3) is 0.333. The second-order valence-electron chi connectivity index (χ2n) is 6.52. The molecule has 0 saturated heterocycles. The Hall–Kier alpha value is -3.02. The van der Waals surface area contributed by atoms with Gasteiger partial charge in [-0.1, -0.05) is 42.5 Å². The van der Waals surface area contributed by atoms with E-state index >= 15 is 0 Å². The van der Waals surface area contributed by atoms with Crippen LogP contribution in [0.3, 0.4) is 0 Å². The standard InChI is InChI=1S/C21H24N2O4/c1-26-19-11-7-16(8-12-19)14-23(18-9-10-18)20(24)13-22-21(25)27-15-17-5-3-2-4-6-17/h2-8,11-12,18H,9-10,13-15H2,1H3,(H,22,25). The van der Waals surface area contributed by atoms with Gasteiger partial charge in [-0.25, -0.2) is 4.79 Å². The summed E-state index contributed by atoms with van der Waals surface area (Å²) in [5, 5.41) is 2.55. The van der Waals surface area contributed by atoms with Crippen molar-refractivity contribution in [3.8, 4) is 5.75 Å². The molecule has 27 heavy (non-hydrogen) atoms. The van der Waals surface area contributed by atoms with E-state index in [9.17, 15) is 9.59 Å². The number of methoxy groups -OCH3 is 1. The Labute approximate surface area is 159 Å². The van der Waals surface area contributed by atoms with Crippen LogP contribution in [0.4, 0.5) is 4.79 Å². The van der Waals surface area contributed by atoms with Crippen molar-refractivity contribution in [2.24, 2.45) is 0 Å². The van der Waals surface area contributed by atoms with Gasteiger partial charge in [0.05, 0.1) is 7.11 Å². The topological polar surface area (TPSA) is 67.9 Å². The molecule has 1 aliphatic carbocycles. The van der Waals surface area contributed by atoms with Crippen molar-refractivity contribution in [3.63, 3.8) is 0 Å². The first-order valence-corrected chi connectivity index (χ1v) is 9.02. The molecule has 1 N–H and O–H groups in total. The fourth-order valence-electron chi connectivity index (χ4n) is 2.76. The number of benzene rings is 2. The predicted octanol–water partition coefficient (Wildman–Crippen LogP) is 3.11. The van der Waals surface area contributed by atoms with Gasteiger partial charge < -0.3 is 19.7 Å². The first kappa shape index (κ1) is 18.8. The van der Waals surface area contributed by atoms with Crippen LogP contribution in [0.25, 0.3) is 0 Å². The number of ether oxygens (including phenoxy) is 2. The summed E-state index contributed by atoms with van der Waals surface area (Å²) in [7, 11) is 1.62. The molecule has 0 heterocycles. The number of nitrogens with one attached hydrogen (secondary N) is 1. The van der Waals surface area contributed by atoms with Crippen LogP contribution in [0, 0.1) is 0 Å². The Morgan fingerprint density at radius 3 is 2.37 bits per heavy atom. The Morgan fingerprint density at radius 2 is 1.74 bits per heavy atom. The third-order valence-corrected chi connectivity index (χ3v) is 4.42. The van der Waals surface area contributed by atoms with Gasteiger partial charge in [-0.15, -0.1) is 0 Å². The second kappa shape index (κ2) is 9.07. The van der Waals surface area contributed by atoms with Crippen molar-refractivity contribution < 1.29 is 19.1 Å². The molecule has 2 aromatic rings. The minimum Gasteiger partial charge on any atom is -0.497 e. The van der Waals surface area contributed by atoms with Gasteiger partial charge in [-0.05, 0) is 36.1 Å². The molecule has 2 amide bonds. The van der Waals surface area contributed by atoms with Crippen LogP contribution >= 0.6 is 0 Å². The Balaban J connectivity index is 1.47. The predicted molar refractivity (Wildman–Crippen MR) is 101 cm³/mol. The highest BCUT2D eigenvalue weighted by atomic mass is 16.5. The van der Waals surface area contributed by atoms with Crippen LogP contribution in [0.1, 0.15) is 24.0 Å². The molecule has 0 radical (unpaired) electrons. The highest BCUT2D eigenvalue weighted by molar-refractivity contribution is 5.82. The van der Waals surface area contributed by atoms with E-state index in [1.807, 2.05) is 59.5 Å². The summed E-state index contributed by atoms with van der Waals surface area (Å²) < 4.78 is 10.3. The van der Waals surface area contributed by atoms with Gasteiger partial charge in [0.25, 0.3) is 0 Å². The smallest absolute Gasteiger partial charge is 0.407 e. The molecule has 0 unspecified atom stereocenters. The monoisotopic (exact) mass is 368 g/mol. The highest BCUT2D eigenvalue weighted by Crippen LogP contribution is 2.28. The van der Waals surface area contributed by atoms with E-state index in [0.717, 1.165) is 29.7 Å². The zero-order valence-corrected chi connectivity index (χ0v) is 15.4. The lowest BCUT2D eigenvalue weighted by Gasteiger charge is -2.23. The van der Waals surface area contributed by atoms with Crippen LogP contribution in [-0.2, 0) is 22.7 Å². The molecule has 6 nitrogen and oxygen atoms in total. The number of amides is 2. The first-order valence-electron chi connectivity index (χ1n) is 9.02. The van der Waals surface area contributed by atoms with Crippen LogP contribution in [0.2, 0.25) is 0 Å². The maximum atomic E-state index is 12.6. The average Bonchev–Trinajstić information content (AvgIpc) is 3.55. The quantitative estimate of drug-likeness (QED) is 0.777. The van der Waals surface area contributed by atoms with Gasteiger partial charge in [0.1, 0.15) is 18.9 Å². The lowest BCUT2D eigenvalue weighted by atomic mass is 10.2. The summed E-state index contributed by atoms with van der Waals surface area (Å²) in [6.07, 6.45) is 1.41. The number of hydrogen-bond acceptors (Lipinski definition) is 4. The summed E-state index contributed by atoms with van der Waals surface area (Å²) in [5.74, 6) is 0.677. The van der Waals surface area contributed by atoms with E-state index in [-0.39, 0.29) is 25.1 Å². The molecule has 0 aliphatic heterocycles. The van der Waals surface area contributed by atoms with Crippen LogP contribution in [0.5, 0.6) is 5.75 Å². The van der Waals surface area contributed by atoms with Gasteiger partial charge in [0, 0.05) is 12.6 Å². The summed E-state index contributed by atoms with van der Waals surface area (Å²) >= 11 is 0. The number of nitrogens with zero attached hydrogens (tertiary/aromatic N) is 1. The molecule has 0 bridgehead atoms. The van der Waals surface area contributed by atoms with Gasteiger partial charge in [-0.3, -0.25) is 4.79 Å². The SMILES string of the molecule is COc1ccc(CN(C(=O)CNC(=O)OCc2ccccc2)C2CC2)cc1. The summed E-state index contributed by atoms with van der Waals surface area (Å²) in [6, 6.07) is 17.3. The van der Waals surface area contributed by atoms with Crippen molar-refractivity contribution in [2.45, 2.75) is 32.0 Å². The summed E-state index contributed by atoms with van der Waals surface area (Å²) in [6.45, 7) is 0.633. The highest BCUT2D eigenvalue weighted by Gasteiger charge is 2.32. The third-order valence-electron chi connectivity index (χ3n) is 4.42. The van der Waals surface area contributed by atoms with E-state index < -0.39 is 6.09 Å². The minimum atomic E-state index is -0.590. The molecule has 6 heteroatoms. The normalized spacial score (nSPS) is 12.9. The third kappa shape index (κ3) is 5.74. The fourth-order valence-corrected chi connectivity index (χ4v) is 2.76. The summed E-state index contributed by atoms with van der Waals surface area (Å²) in [5.41, 5.74) is 1.93. The molecule has 1 fully saturated rings. The average molecular weight is 368 g/mol. The molecule has 2 aromatic carbocycles. The number of alkyl carbamates (subject to hydrolysis) is 1. The Morgan fingerprint density at radius 1 is 1.04 bits per heavy atom. The first-order chi connectivity index (χ1) is 13.2. The maximum absolute atomic E-state index is 12.6. The molecular weight excluding hydrogens is 344 g/mol. The maximum Gasteiger partial charge on any atom is 0.407 e. The van der Waals surface area contributed by atoms with Gasteiger partial charge in [0.2, 0.25) is 5.91 Å². The zero-order chi connectivity index (χ0) is 19.1. The van der Waals surface area contributed by atoms with Gasteiger partial charge in [-0.2, -0.15) is 0 Å². The van der Waals surface area contributed by atoms with E-state index in [2.05, 4.69) is 5.32 Å². The minimum absolute atomic E-state index is 0.0692. The van der Waals surface area contributed by atoms with E-state index in [1.165, 1.54) is 0 Å².